The minimum absolute atomic E-state index is 0.0161. The third kappa shape index (κ3) is 3.10. The maximum absolute atomic E-state index is 12.3. The molecule has 2 N–H and O–H groups in total. The highest BCUT2D eigenvalue weighted by Gasteiger charge is 2.48. The SMILES string of the molecule is CC1(C)CC1NS(=O)(=O)c1cc(CNC2CC2)oc1Br. The first-order valence-corrected chi connectivity index (χ1v) is 9.09. The van der Waals surface area contributed by atoms with Gasteiger partial charge in [-0.1, -0.05) is 13.8 Å². The van der Waals surface area contributed by atoms with Crippen molar-refractivity contribution in [3.63, 3.8) is 0 Å². The molecule has 2 aliphatic rings. The molecule has 0 radical (unpaired) electrons. The van der Waals surface area contributed by atoms with Gasteiger partial charge in [-0.2, -0.15) is 0 Å². The molecule has 2 aliphatic carbocycles. The van der Waals surface area contributed by atoms with Crippen molar-refractivity contribution >= 4 is 26.0 Å². The molecule has 5 nitrogen and oxygen atoms in total. The van der Waals surface area contributed by atoms with Crippen LogP contribution in [0.4, 0.5) is 0 Å². The summed E-state index contributed by atoms with van der Waals surface area (Å²) in [4.78, 5) is 0.188. The van der Waals surface area contributed by atoms with Crippen LogP contribution in [-0.2, 0) is 16.6 Å². The summed E-state index contributed by atoms with van der Waals surface area (Å²) >= 11 is 3.20. The lowest BCUT2D eigenvalue weighted by Gasteiger charge is -2.06. The Morgan fingerprint density at radius 3 is 2.65 bits per heavy atom. The van der Waals surface area contributed by atoms with Crippen molar-refractivity contribution in [2.45, 2.75) is 56.6 Å². The van der Waals surface area contributed by atoms with Crippen LogP contribution in [0.2, 0.25) is 0 Å². The van der Waals surface area contributed by atoms with E-state index < -0.39 is 10.0 Å². The average molecular weight is 363 g/mol. The van der Waals surface area contributed by atoms with Crippen molar-refractivity contribution in [2.24, 2.45) is 5.41 Å². The summed E-state index contributed by atoms with van der Waals surface area (Å²) in [5.41, 5.74) is 0.0552. The van der Waals surface area contributed by atoms with E-state index in [2.05, 4.69) is 39.8 Å². The molecular formula is C13H19BrN2O3S. The fraction of sp³-hybridized carbons (Fsp3) is 0.692. The highest BCUT2D eigenvalue weighted by molar-refractivity contribution is 9.10. The zero-order chi connectivity index (χ0) is 14.5. The van der Waals surface area contributed by atoms with Crippen LogP contribution in [0.3, 0.4) is 0 Å². The molecule has 0 spiro atoms. The number of halogens is 1. The van der Waals surface area contributed by atoms with E-state index >= 15 is 0 Å². The Kier molecular flexibility index (Phi) is 3.52. The molecule has 7 heteroatoms. The Labute approximate surface area is 127 Å². The van der Waals surface area contributed by atoms with E-state index in [-0.39, 0.29) is 21.0 Å². The Hall–Kier alpha value is -0.370. The molecule has 1 aromatic rings. The smallest absolute Gasteiger partial charge is 0.245 e. The van der Waals surface area contributed by atoms with Gasteiger partial charge in [-0.3, -0.25) is 0 Å². The molecule has 3 rings (SSSR count). The van der Waals surface area contributed by atoms with Gasteiger partial charge in [-0.25, -0.2) is 13.1 Å². The maximum Gasteiger partial charge on any atom is 0.245 e. The van der Waals surface area contributed by atoms with E-state index in [0.717, 1.165) is 6.42 Å². The number of hydrogen-bond acceptors (Lipinski definition) is 4. The van der Waals surface area contributed by atoms with Gasteiger partial charge >= 0.3 is 0 Å². The molecule has 1 aromatic heterocycles. The molecule has 1 heterocycles. The second-order valence-electron chi connectivity index (χ2n) is 6.37. The van der Waals surface area contributed by atoms with E-state index in [0.29, 0.717) is 18.3 Å². The predicted octanol–water partition coefficient (Wildman–Crippen LogP) is 2.37. The Balaban J connectivity index is 1.71. The molecule has 0 aliphatic heterocycles. The van der Waals surface area contributed by atoms with Gasteiger partial charge in [0, 0.05) is 18.2 Å². The van der Waals surface area contributed by atoms with Crippen LogP contribution in [-0.4, -0.2) is 20.5 Å². The predicted molar refractivity (Wildman–Crippen MR) is 78.8 cm³/mol. The summed E-state index contributed by atoms with van der Waals surface area (Å²) in [7, 11) is -3.52. The van der Waals surface area contributed by atoms with Crippen LogP contribution >= 0.6 is 15.9 Å². The molecule has 0 amide bonds. The van der Waals surface area contributed by atoms with E-state index in [4.69, 9.17) is 4.42 Å². The first kappa shape index (κ1) is 14.6. The quantitative estimate of drug-likeness (QED) is 0.814. The van der Waals surface area contributed by atoms with Gasteiger partial charge in [-0.05, 0) is 40.6 Å². The molecular weight excluding hydrogens is 344 g/mol. The van der Waals surface area contributed by atoms with Crippen LogP contribution in [0.5, 0.6) is 0 Å². The fourth-order valence-electron chi connectivity index (χ4n) is 2.12. The zero-order valence-corrected chi connectivity index (χ0v) is 14.0. The largest absolute Gasteiger partial charge is 0.452 e. The number of rotatable bonds is 6. The van der Waals surface area contributed by atoms with Gasteiger partial charge in [0.15, 0.2) is 4.67 Å². The summed E-state index contributed by atoms with van der Waals surface area (Å²) < 4.78 is 33.1. The number of hydrogen-bond donors (Lipinski definition) is 2. The Morgan fingerprint density at radius 2 is 2.10 bits per heavy atom. The fourth-order valence-corrected chi connectivity index (χ4v) is 4.52. The number of sulfonamides is 1. The van der Waals surface area contributed by atoms with Crippen LogP contribution in [0, 0.1) is 5.41 Å². The third-order valence-corrected chi connectivity index (χ3v) is 6.28. The van der Waals surface area contributed by atoms with Crippen LogP contribution in [0.25, 0.3) is 0 Å². The van der Waals surface area contributed by atoms with Crippen LogP contribution in [0.1, 0.15) is 38.9 Å². The van der Waals surface area contributed by atoms with E-state index in [9.17, 15) is 8.42 Å². The third-order valence-electron chi connectivity index (χ3n) is 3.95. The van der Waals surface area contributed by atoms with Crippen LogP contribution < -0.4 is 10.0 Å². The molecule has 0 saturated heterocycles. The lowest BCUT2D eigenvalue weighted by Crippen LogP contribution is -2.28. The molecule has 1 atom stereocenters. The Morgan fingerprint density at radius 1 is 1.45 bits per heavy atom. The molecule has 0 bridgehead atoms. The average Bonchev–Trinajstić information content (AvgIpc) is 3.20. The minimum Gasteiger partial charge on any atom is -0.452 e. The number of furan rings is 1. The van der Waals surface area contributed by atoms with Crippen molar-refractivity contribution < 1.29 is 12.8 Å². The molecule has 20 heavy (non-hydrogen) atoms. The summed E-state index contributed by atoms with van der Waals surface area (Å²) in [6.45, 7) is 4.67. The highest BCUT2D eigenvalue weighted by atomic mass is 79.9. The second kappa shape index (κ2) is 4.83. The van der Waals surface area contributed by atoms with Crippen LogP contribution in [0.15, 0.2) is 20.0 Å². The maximum atomic E-state index is 12.3. The molecule has 2 saturated carbocycles. The van der Waals surface area contributed by atoms with E-state index in [1.165, 1.54) is 12.8 Å². The lowest BCUT2D eigenvalue weighted by atomic mass is 10.2. The van der Waals surface area contributed by atoms with Crippen molar-refractivity contribution in [1.29, 1.82) is 0 Å². The van der Waals surface area contributed by atoms with Gasteiger partial charge < -0.3 is 9.73 Å². The van der Waals surface area contributed by atoms with Crippen molar-refractivity contribution in [2.75, 3.05) is 0 Å². The lowest BCUT2D eigenvalue weighted by molar-refractivity contribution is 0.459. The number of nitrogens with one attached hydrogen (secondary N) is 2. The monoisotopic (exact) mass is 362 g/mol. The topological polar surface area (TPSA) is 71.3 Å². The van der Waals surface area contributed by atoms with Gasteiger partial charge in [0.1, 0.15) is 10.7 Å². The summed E-state index contributed by atoms with van der Waals surface area (Å²) in [5, 5.41) is 3.30. The Bertz CT molecular complexity index is 620. The normalized spacial score (nSPS) is 24.9. The minimum atomic E-state index is -3.52. The first-order chi connectivity index (χ1) is 9.28. The van der Waals surface area contributed by atoms with Gasteiger partial charge in [-0.15, -0.1) is 0 Å². The van der Waals surface area contributed by atoms with Crippen molar-refractivity contribution in [3.05, 3.63) is 16.5 Å². The van der Waals surface area contributed by atoms with Crippen molar-refractivity contribution in [1.82, 2.24) is 10.0 Å². The molecule has 1 unspecified atom stereocenters. The summed E-state index contributed by atoms with van der Waals surface area (Å²) in [6, 6.07) is 2.17. The van der Waals surface area contributed by atoms with Gasteiger partial charge in [0.05, 0.1) is 6.54 Å². The van der Waals surface area contributed by atoms with Crippen molar-refractivity contribution in [3.8, 4) is 0 Å². The van der Waals surface area contributed by atoms with Gasteiger partial charge in [0.25, 0.3) is 0 Å². The van der Waals surface area contributed by atoms with E-state index in [1.807, 2.05) is 0 Å². The molecule has 112 valence electrons. The second-order valence-corrected chi connectivity index (χ2v) is 8.78. The molecule has 2 fully saturated rings. The highest BCUT2D eigenvalue weighted by Crippen LogP contribution is 2.45. The van der Waals surface area contributed by atoms with E-state index in [1.54, 1.807) is 6.07 Å². The standard InChI is InChI=1S/C13H19BrN2O3S/c1-13(2)6-11(13)16-20(17,18)10-5-9(19-12(10)14)7-15-8-3-4-8/h5,8,11,15-16H,3-4,6-7H2,1-2H3. The van der Waals surface area contributed by atoms with Gasteiger partial charge in [0.2, 0.25) is 10.0 Å². The summed E-state index contributed by atoms with van der Waals surface area (Å²) in [5.74, 6) is 0.638. The zero-order valence-electron chi connectivity index (χ0n) is 11.6. The molecule has 0 aromatic carbocycles. The first-order valence-electron chi connectivity index (χ1n) is 6.82. The summed E-state index contributed by atoms with van der Waals surface area (Å²) in [6.07, 6.45) is 3.24.